The zero-order chi connectivity index (χ0) is 14.9. The Kier molecular flexibility index (Phi) is 4.52. The van der Waals surface area contributed by atoms with E-state index in [1.807, 2.05) is 0 Å². The lowest BCUT2D eigenvalue weighted by molar-refractivity contribution is 0.102. The number of rotatable bonds is 2. The molecule has 0 bridgehead atoms. The van der Waals surface area contributed by atoms with Crippen LogP contribution in [0.5, 0.6) is 0 Å². The maximum atomic E-state index is 13.2. The second kappa shape index (κ2) is 5.99. The van der Waals surface area contributed by atoms with Crippen LogP contribution < -0.4 is 11.1 Å². The van der Waals surface area contributed by atoms with Crippen molar-refractivity contribution in [2.75, 3.05) is 11.1 Å². The fourth-order valence-electron chi connectivity index (χ4n) is 1.54. The van der Waals surface area contributed by atoms with Crippen LogP contribution in [-0.4, -0.2) is 5.91 Å². The molecule has 0 aliphatic carbocycles. The average Bonchev–Trinajstić information content (AvgIpc) is 2.38. The molecule has 0 saturated carbocycles. The summed E-state index contributed by atoms with van der Waals surface area (Å²) >= 11 is 15.0. The third-order valence-electron chi connectivity index (χ3n) is 2.53. The summed E-state index contributed by atoms with van der Waals surface area (Å²) in [6.07, 6.45) is 0. The van der Waals surface area contributed by atoms with Gasteiger partial charge >= 0.3 is 0 Å². The van der Waals surface area contributed by atoms with Gasteiger partial charge in [0, 0.05) is 4.47 Å². The lowest BCUT2D eigenvalue weighted by atomic mass is 10.1. The van der Waals surface area contributed by atoms with Gasteiger partial charge in [-0.1, -0.05) is 29.3 Å². The van der Waals surface area contributed by atoms with E-state index in [9.17, 15) is 9.18 Å². The Balaban J connectivity index is 2.36. The fourth-order valence-corrected chi connectivity index (χ4v) is 2.53. The van der Waals surface area contributed by atoms with Crippen molar-refractivity contribution in [3.63, 3.8) is 0 Å². The Morgan fingerprint density at radius 3 is 2.45 bits per heavy atom. The summed E-state index contributed by atoms with van der Waals surface area (Å²) in [5.41, 5.74) is 5.80. The van der Waals surface area contributed by atoms with E-state index in [0.29, 0.717) is 10.0 Å². The highest BCUT2D eigenvalue weighted by molar-refractivity contribution is 9.10. The van der Waals surface area contributed by atoms with Crippen LogP contribution in [0.2, 0.25) is 10.0 Å². The minimum Gasteiger partial charge on any atom is -0.396 e. The van der Waals surface area contributed by atoms with Crippen molar-refractivity contribution in [3.05, 3.63) is 56.2 Å². The second-order valence-electron chi connectivity index (χ2n) is 3.90. The van der Waals surface area contributed by atoms with Crippen molar-refractivity contribution in [2.24, 2.45) is 0 Å². The summed E-state index contributed by atoms with van der Waals surface area (Å²) in [7, 11) is 0. The molecule has 2 rings (SSSR count). The van der Waals surface area contributed by atoms with E-state index in [1.165, 1.54) is 6.07 Å². The number of nitrogens with one attached hydrogen (secondary N) is 1. The summed E-state index contributed by atoms with van der Waals surface area (Å²) in [5.74, 6) is -1.11. The molecule has 2 aromatic carbocycles. The molecule has 104 valence electrons. The van der Waals surface area contributed by atoms with Crippen molar-refractivity contribution < 1.29 is 9.18 Å². The average molecular weight is 378 g/mol. The monoisotopic (exact) mass is 376 g/mol. The van der Waals surface area contributed by atoms with Gasteiger partial charge in [0.15, 0.2) is 0 Å². The van der Waals surface area contributed by atoms with E-state index in [1.54, 1.807) is 18.2 Å². The largest absolute Gasteiger partial charge is 0.396 e. The maximum absolute atomic E-state index is 13.2. The number of amides is 1. The molecule has 0 saturated heterocycles. The van der Waals surface area contributed by atoms with Gasteiger partial charge in [0.25, 0.3) is 5.91 Å². The normalized spacial score (nSPS) is 10.4. The van der Waals surface area contributed by atoms with Crippen LogP contribution in [0.15, 0.2) is 34.8 Å². The van der Waals surface area contributed by atoms with Crippen LogP contribution >= 0.6 is 39.1 Å². The molecular formula is C13H8BrCl2FN2O. The topological polar surface area (TPSA) is 55.1 Å². The van der Waals surface area contributed by atoms with E-state index in [0.717, 1.165) is 6.07 Å². The van der Waals surface area contributed by atoms with Gasteiger partial charge in [-0.2, -0.15) is 0 Å². The van der Waals surface area contributed by atoms with Gasteiger partial charge < -0.3 is 11.1 Å². The van der Waals surface area contributed by atoms with Crippen molar-refractivity contribution in [1.82, 2.24) is 0 Å². The highest BCUT2D eigenvalue weighted by Gasteiger charge is 2.16. The fraction of sp³-hybridized carbons (Fsp3) is 0. The first-order chi connectivity index (χ1) is 9.40. The van der Waals surface area contributed by atoms with Crippen molar-refractivity contribution in [2.45, 2.75) is 0 Å². The molecular weight excluding hydrogens is 370 g/mol. The molecule has 7 heteroatoms. The summed E-state index contributed by atoms with van der Waals surface area (Å²) in [5, 5.41) is 3.18. The predicted molar refractivity (Wildman–Crippen MR) is 82.9 cm³/mol. The van der Waals surface area contributed by atoms with Crippen LogP contribution in [0, 0.1) is 5.82 Å². The molecule has 0 fully saturated rings. The van der Waals surface area contributed by atoms with Gasteiger partial charge in [-0.25, -0.2) is 4.39 Å². The Labute approximate surface area is 133 Å². The SMILES string of the molecule is Nc1cc(C(=O)Nc2c(Cl)cccc2Cl)c(Br)cc1F. The first-order valence-corrected chi connectivity index (χ1v) is 6.95. The number of anilines is 2. The van der Waals surface area contributed by atoms with E-state index in [-0.39, 0.29) is 21.4 Å². The number of benzene rings is 2. The van der Waals surface area contributed by atoms with Gasteiger partial charge in [-0.05, 0) is 40.2 Å². The van der Waals surface area contributed by atoms with E-state index < -0.39 is 11.7 Å². The van der Waals surface area contributed by atoms with Crippen molar-refractivity contribution in [1.29, 1.82) is 0 Å². The molecule has 0 aliphatic heterocycles. The van der Waals surface area contributed by atoms with Crippen LogP contribution in [0.1, 0.15) is 10.4 Å². The Bertz CT molecular complexity index is 674. The van der Waals surface area contributed by atoms with E-state index >= 15 is 0 Å². The highest BCUT2D eigenvalue weighted by Crippen LogP contribution is 2.31. The number of carbonyl (C=O) groups is 1. The summed E-state index contributed by atoms with van der Waals surface area (Å²) in [6, 6.07) is 7.21. The molecule has 3 nitrogen and oxygen atoms in total. The van der Waals surface area contributed by atoms with E-state index in [2.05, 4.69) is 21.2 Å². The Hall–Kier alpha value is -1.30. The quantitative estimate of drug-likeness (QED) is 0.743. The Morgan fingerprint density at radius 1 is 1.25 bits per heavy atom. The van der Waals surface area contributed by atoms with Crippen LogP contribution in [-0.2, 0) is 0 Å². The van der Waals surface area contributed by atoms with Gasteiger partial charge in [-0.3, -0.25) is 4.79 Å². The van der Waals surface area contributed by atoms with Crippen molar-refractivity contribution in [3.8, 4) is 0 Å². The summed E-state index contributed by atoms with van der Waals surface area (Å²) in [4.78, 5) is 12.2. The maximum Gasteiger partial charge on any atom is 0.256 e. The zero-order valence-electron chi connectivity index (χ0n) is 9.88. The molecule has 1 amide bonds. The minimum atomic E-state index is -0.607. The molecule has 0 atom stereocenters. The minimum absolute atomic E-state index is 0.122. The third-order valence-corrected chi connectivity index (χ3v) is 3.82. The first kappa shape index (κ1) is 15.1. The molecule has 2 aromatic rings. The molecule has 20 heavy (non-hydrogen) atoms. The second-order valence-corrected chi connectivity index (χ2v) is 5.57. The Morgan fingerprint density at radius 2 is 1.85 bits per heavy atom. The smallest absolute Gasteiger partial charge is 0.256 e. The number of halogens is 4. The number of para-hydroxylation sites is 1. The number of hydrogen-bond donors (Lipinski definition) is 2. The molecule has 0 spiro atoms. The summed E-state index contributed by atoms with van der Waals surface area (Å²) < 4.78 is 13.5. The van der Waals surface area contributed by atoms with E-state index in [4.69, 9.17) is 28.9 Å². The number of nitrogens with two attached hydrogens (primary N) is 1. The third kappa shape index (κ3) is 3.06. The molecule has 0 heterocycles. The zero-order valence-corrected chi connectivity index (χ0v) is 13.0. The van der Waals surface area contributed by atoms with Gasteiger partial charge in [0.1, 0.15) is 5.82 Å². The lowest BCUT2D eigenvalue weighted by Gasteiger charge is -2.11. The number of hydrogen-bond acceptors (Lipinski definition) is 2. The molecule has 0 unspecified atom stereocenters. The van der Waals surface area contributed by atoms with Crippen LogP contribution in [0.4, 0.5) is 15.8 Å². The number of carbonyl (C=O) groups excluding carboxylic acids is 1. The molecule has 0 aromatic heterocycles. The highest BCUT2D eigenvalue weighted by atomic mass is 79.9. The van der Waals surface area contributed by atoms with Crippen molar-refractivity contribution >= 4 is 56.4 Å². The predicted octanol–water partition coefficient (Wildman–Crippen LogP) is 4.73. The molecule has 0 aliphatic rings. The first-order valence-electron chi connectivity index (χ1n) is 5.40. The summed E-state index contributed by atoms with van der Waals surface area (Å²) in [6.45, 7) is 0. The van der Waals surface area contributed by atoms with Crippen LogP contribution in [0.3, 0.4) is 0 Å². The van der Waals surface area contributed by atoms with Crippen LogP contribution in [0.25, 0.3) is 0 Å². The molecule has 0 radical (unpaired) electrons. The lowest BCUT2D eigenvalue weighted by Crippen LogP contribution is -2.14. The molecule has 3 N–H and O–H groups in total. The van der Waals surface area contributed by atoms with Gasteiger partial charge in [0.2, 0.25) is 0 Å². The standard InChI is InChI=1S/C13H8BrCl2FN2O/c14-7-5-10(17)11(18)4-6(7)13(20)19-12-8(15)2-1-3-9(12)16/h1-5H,18H2,(H,19,20). The van der Waals surface area contributed by atoms with Gasteiger partial charge in [0.05, 0.1) is 27.0 Å². The number of nitrogen functional groups attached to an aromatic ring is 1. The van der Waals surface area contributed by atoms with Gasteiger partial charge in [-0.15, -0.1) is 0 Å².